The van der Waals surface area contributed by atoms with Crippen molar-refractivity contribution in [2.24, 2.45) is 4.99 Å². The van der Waals surface area contributed by atoms with Crippen LogP contribution >= 0.6 is 0 Å². The molecule has 0 amide bonds. The number of nitrogens with zero attached hydrogens (tertiary/aromatic N) is 6. The smallest absolute Gasteiger partial charge is 0.229 e. The van der Waals surface area contributed by atoms with Crippen LogP contribution in [0.25, 0.3) is 11.6 Å². The minimum absolute atomic E-state index is 0.557. The second kappa shape index (κ2) is 6.03. The molecule has 7 heteroatoms. The molecule has 0 radical (unpaired) electrons. The predicted molar refractivity (Wildman–Crippen MR) is 101 cm³/mol. The summed E-state index contributed by atoms with van der Waals surface area (Å²) >= 11 is 0. The molecule has 5 rings (SSSR count). The number of fused-ring (bicyclic) bond motifs is 3. The van der Waals surface area contributed by atoms with Gasteiger partial charge in [0, 0.05) is 54.4 Å². The second-order valence-electron chi connectivity index (χ2n) is 5.98. The van der Waals surface area contributed by atoms with E-state index in [2.05, 4.69) is 31.2 Å². The van der Waals surface area contributed by atoms with Crippen molar-refractivity contribution in [2.75, 3.05) is 23.3 Å². The molecule has 0 fully saturated rings. The zero-order valence-corrected chi connectivity index (χ0v) is 13.9. The molecular weight excluding hydrogens is 326 g/mol. The van der Waals surface area contributed by atoms with E-state index in [-0.39, 0.29) is 0 Å². The molecule has 0 spiro atoms. The van der Waals surface area contributed by atoms with Crippen LogP contribution in [0.15, 0.2) is 60.2 Å². The fourth-order valence-corrected chi connectivity index (χ4v) is 3.17. The summed E-state index contributed by atoms with van der Waals surface area (Å²) in [6, 6.07) is 7.76. The Hall–Kier alpha value is -3.61. The number of nitrogens with one attached hydrogen (secondary N) is 1. The third-order valence-corrected chi connectivity index (χ3v) is 4.36. The van der Waals surface area contributed by atoms with E-state index in [9.17, 15) is 0 Å². The molecule has 5 heterocycles. The third-order valence-electron chi connectivity index (χ3n) is 4.36. The average Bonchev–Trinajstić information content (AvgIpc) is 3.19. The number of aromatic nitrogens is 4. The van der Waals surface area contributed by atoms with Crippen molar-refractivity contribution in [3.63, 3.8) is 0 Å². The van der Waals surface area contributed by atoms with Crippen molar-refractivity contribution in [3.05, 3.63) is 66.4 Å². The number of aliphatic imine (C=N–C) groups is 1. The second-order valence-corrected chi connectivity index (χ2v) is 5.98. The largest absolute Gasteiger partial charge is 0.324 e. The Morgan fingerprint density at radius 3 is 2.54 bits per heavy atom. The molecule has 2 aliphatic heterocycles. The van der Waals surface area contributed by atoms with Gasteiger partial charge < -0.3 is 10.2 Å². The van der Waals surface area contributed by atoms with Crippen LogP contribution < -0.4 is 10.2 Å². The SMILES string of the molecule is C1=C(c2ccncc2)C2=NCCN2c2nc(Nc3ccncc3)ncc21. The van der Waals surface area contributed by atoms with Crippen LogP contribution in [0.3, 0.4) is 0 Å². The average molecular weight is 341 g/mol. The Balaban J connectivity index is 1.56. The van der Waals surface area contributed by atoms with Crippen molar-refractivity contribution < 1.29 is 0 Å². The molecule has 0 aromatic carbocycles. The molecular formula is C19H15N7. The number of amidine groups is 1. The van der Waals surface area contributed by atoms with Crippen LogP contribution in [0.2, 0.25) is 0 Å². The van der Waals surface area contributed by atoms with Crippen molar-refractivity contribution in [3.8, 4) is 0 Å². The maximum Gasteiger partial charge on any atom is 0.229 e. The first-order valence-electron chi connectivity index (χ1n) is 8.37. The summed E-state index contributed by atoms with van der Waals surface area (Å²) < 4.78 is 0. The maximum atomic E-state index is 4.72. The zero-order valence-electron chi connectivity index (χ0n) is 13.9. The van der Waals surface area contributed by atoms with E-state index in [0.717, 1.165) is 47.1 Å². The van der Waals surface area contributed by atoms with Gasteiger partial charge in [0.1, 0.15) is 11.7 Å². The number of pyridine rings is 2. The Morgan fingerprint density at radius 1 is 0.962 bits per heavy atom. The quantitative estimate of drug-likeness (QED) is 0.789. The molecule has 0 aliphatic carbocycles. The fourth-order valence-electron chi connectivity index (χ4n) is 3.17. The lowest BCUT2D eigenvalue weighted by molar-refractivity contribution is 0.987. The van der Waals surface area contributed by atoms with Gasteiger partial charge >= 0.3 is 0 Å². The van der Waals surface area contributed by atoms with Gasteiger partial charge in [-0.1, -0.05) is 0 Å². The minimum atomic E-state index is 0.557. The van der Waals surface area contributed by atoms with E-state index in [1.54, 1.807) is 24.8 Å². The van der Waals surface area contributed by atoms with Gasteiger partial charge in [-0.15, -0.1) is 0 Å². The molecule has 1 N–H and O–H groups in total. The lowest BCUT2D eigenvalue weighted by Gasteiger charge is -2.27. The van der Waals surface area contributed by atoms with Crippen LogP contribution in [-0.4, -0.2) is 38.9 Å². The summed E-state index contributed by atoms with van der Waals surface area (Å²) in [5.41, 5.74) is 4.06. The summed E-state index contributed by atoms with van der Waals surface area (Å²) in [5, 5.41) is 3.22. The highest BCUT2D eigenvalue weighted by molar-refractivity contribution is 6.35. The zero-order chi connectivity index (χ0) is 17.3. The van der Waals surface area contributed by atoms with Gasteiger partial charge in [-0.3, -0.25) is 15.0 Å². The van der Waals surface area contributed by atoms with Crippen LogP contribution in [0.1, 0.15) is 11.1 Å². The summed E-state index contributed by atoms with van der Waals surface area (Å²) in [7, 11) is 0. The van der Waals surface area contributed by atoms with Crippen molar-refractivity contribution in [2.45, 2.75) is 0 Å². The first-order valence-corrected chi connectivity index (χ1v) is 8.37. The van der Waals surface area contributed by atoms with Gasteiger partial charge in [-0.05, 0) is 35.9 Å². The molecule has 0 bridgehead atoms. The van der Waals surface area contributed by atoms with Gasteiger partial charge in [0.25, 0.3) is 0 Å². The molecule has 3 aromatic rings. The molecule has 0 unspecified atom stereocenters. The molecule has 2 aliphatic rings. The molecule has 126 valence electrons. The molecule has 3 aromatic heterocycles. The Labute approximate surface area is 150 Å². The summed E-state index contributed by atoms with van der Waals surface area (Å²) in [5.74, 6) is 2.39. The molecule has 0 atom stereocenters. The molecule has 0 saturated carbocycles. The number of anilines is 3. The minimum Gasteiger partial charge on any atom is -0.324 e. The Morgan fingerprint density at radius 2 is 1.73 bits per heavy atom. The lowest BCUT2D eigenvalue weighted by atomic mass is 10.00. The van der Waals surface area contributed by atoms with Crippen molar-refractivity contribution >= 4 is 34.9 Å². The van der Waals surface area contributed by atoms with E-state index in [1.807, 2.05) is 30.5 Å². The lowest BCUT2D eigenvalue weighted by Crippen LogP contribution is -2.32. The number of hydrogen-bond acceptors (Lipinski definition) is 7. The van der Waals surface area contributed by atoms with E-state index < -0.39 is 0 Å². The molecule has 7 nitrogen and oxygen atoms in total. The van der Waals surface area contributed by atoms with Gasteiger partial charge in [0.05, 0.1) is 6.54 Å². The number of hydrogen-bond donors (Lipinski definition) is 1. The van der Waals surface area contributed by atoms with Gasteiger partial charge in [0.2, 0.25) is 5.95 Å². The first-order chi connectivity index (χ1) is 12.9. The summed E-state index contributed by atoms with van der Waals surface area (Å²) in [4.78, 5) is 24.2. The normalized spacial score (nSPS) is 15.0. The monoisotopic (exact) mass is 341 g/mol. The highest BCUT2D eigenvalue weighted by atomic mass is 15.3. The van der Waals surface area contributed by atoms with Gasteiger partial charge in [-0.25, -0.2) is 4.98 Å². The van der Waals surface area contributed by atoms with Crippen LogP contribution in [0, 0.1) is 0 Å². The predicted octanol–water partition coefficient (Wildman–Crippen LogP) is 2.78. The van der Waals surface area contributed by atoms with Crippen LogP contribution in [-0.2, 0) is 0 Å². The van der Waals surface area contributed by atoms with Crippen LogP contribution in [0.5, 0.6) is 0 Å². The summed E-state index contributed by atoms with van der Waals surface area (Å²) in [6.07, 6.45) is 11.0. The Bertz CT molecular complexity index is 1010. The third kappa shape index (κ3) is 2.50. The van der Waals surface area contributed by atoms with Crippen molar-refractivity contribution in [1.82, 2.24) is 19.9 Å². The number of rotatable bonds is 3. The fraction of sp³-hybridized carbons (Fsp3) is 0.105. The highest BCUT2D eigenvalue weighted by Gasteiger charge is 2.30. The topological polar surface area (TPSA) is 79.2 Å². The van der Waals surface area contributed by atoms with E-state index in [4.69, 9.17) is 9.98 Å². The Kier molecular flexibility index (Phi) is 3.41. The summed E-state index contributed by atoms with van der Waals surface area (Å²) in [6.45, 7) is 1.57. The van der Waals surface area contributed by atoms with Gasteiger partial charge in [-0.2, -0.15) is 4.98 Å². The van der Waals surface area contributed by atoms with Crippen molar-refractivity contribution in [1.29, 1.82) is 0 Å². The van der Waals surface area contributed by atoms with E-state index in [1.165, 1.54) is 0 Å². The molecule has 26 heavy (non-hydrogen) atoms. The van der Waals surface area contributed by atoms with E-state index >= 15 is 0 Å². The molecule has 0 saturated heterocycles. The van der Waals surface area contributed by atoms with E-state index in [0.29, 0.717) is 5.95 Å². The van der Waals surface area contributed by atoms with Gasteiger partial charge in [0.15, 0.2) is 0 Å². The highest BCUT2D eigenvalue weighted by Crippen LogP contribution is 2.35. The van der Waals surface area contributed by atoms with Crippen LogP contribution in [0.4, 0.5) is 17.5 Å². The first kappa shape index (κ1) is 14.7. The maximum absolute atomic E-state index is 4.72. The standard InChI is InChI=1S/C19H15N7/c1-5-20-6-2-13(1)16-11-14-12-23-19(24-15-3-7-21-8-4-15)25-17(14)26-10-9-22-18(16)26/h1-8,11-12H,9-10H2,(H,21,23,24,25).